The lowest BCUT2D eigenvalue weighted by atomic mass is 10.0. The molecule has 0 aliphatic carbocycles. The summed E-state index contributed by atoms with van der Waals surface area (Å²) in [5, 5.41) is 2.47. The van der Waals surface area contributed by atoms with Crippen LogP contribution in [0.25, 0.3) is 0 Å². The number of amides is 1. The molecule has 4 nitrogen and oxygen atoms in total. The second-order valence-corrected chi connectivity index (χ2v) is 7.17. The van der Waals surface area contributed by atoms with Crippen LogP contribution < -0.4 is 5.32 Å². The molecule has 0 aromatic heterocycles. The van der Waals surface area contributed by atoms with Crippen molar-refractivity contribution >= 4 is 15.7 Å². The molecule has 1 N–H and O–H groups in total. The zero-order valence-electron chi connectivity index (χ0n) is 10.2. The molecule has 7 heteroatoms. The summed E-state index contributed by atoms with van der Waals surface area (Å²) in [6, 6.07) is 2.56. The van der Waals surface area contributed by atoms with Crippen LogP contribution in [0.15, 0.2) is 18.2 Å². The molecule has 0 radical (unpaired) electrons. The van der Waals surface area contributed by atoms with Gasteiger partial charge in [-0.3, -0.25) is 4.79 Å². The summed E-state index contributed by atoms with van der Waals surface area (Å²) >= 11 is 0. The molecule has 2 rings (SSSR count). The van der Waals surface area contributed by atoms with E-state index in [0.29, 0.717) is 0 Å². The van der Waals surface area contributed by atoms with Gasteiger partial charge in [0, 0.05) is 0 Å². The molecule has 1 saturated heterocycles. The van der Waals surface area contributed by atoms with Gasteiger partial charge in [0.2, 0.25) is 0 Å². The maximum atomic E-state index is 13.4. The maximum absolute atomic E-state index is 13.4. The lowest BCUT2D eigenvalue weighted by Gasteiger charge is -2.23. The van der Waals surface area contributed by atoms with E-state index in [-0.39, 0.29) is 17.9 Å². The molecule has 1 amide bonds. The van der Waals surface area contributed by atoms with E-state index in [0.717, 1.165) is 18.2 Å². The van der Waals surface area contributed by atoms with E-state index in [1.807, 2.05) is 0 Å². The van der Waals surface area contributed by atoms with Crippen molar-refractivity contribution in [3.8, 4) is 0 Å². The van der Waals surface area contributed by atoms with Gasteiger partial charge in [-0.25, -0.2) is 17.2 Å². The van der Waals surface area contributed by atoms with E-state index >= 15 is 0 Å². The fourth-order valence-electron chi connectivity index (χ4n) is 2.12. The van der Waals surface area contributed by atoms with Crippen molar-refractivity contribution in [1.29, 1.82) is 0 Å². The molecular formula is C12H13F2NO3S. The molecule has 1 atom stereocenters. The molecule has 1 fully saturated rings. The van der Waals surface area contributed by atoms with Crippen molar-refractivity contribution in [2.75, 3.05) is 11.5 Å². The highest BCUT2D eigenvalue weighted by molar-refractivity contribution is 7.91. The van der Waals surface area contributed by atoms with E-state index < -0.39 is 38.5 Å². The zero-order chi connectivity index (χ0) is 14.3. The minimum absolute atomic E-state index is 0.0184. The fourth-order valence-corrected chi connectivity index (χ4v) is 4.22. The Bertz CT molecular complexity index is 630. The summed E-state index contributed by atoms with van der Waals surface area (Å²) in [5.41, 5.74) is -1.36. The summed E-state index contributed by atoms with van der Waals surface area (Å²) in [4.78, 5) is 11.9. The molecule has 0 bridgehead atoms. The van der Waals surface area contributed by atoms with Gasteiger partial charge in [0.25, 0.3) is 5.91 Å². The Kier molecular flexibility index (Phi) is 3.34. The Hall–Kier alpha value is -1.50. The highest BCUT2D eigenvalue weighted by Gasteiger charge is 2.39. The zero-order valence-corrected chi connectivity index (χ0v) is 11.1. The Morgan fingerprint density at radius 1 is 1.37 bits per heavy atom. The van der Waals surface area contributed by atoms with E-state index in [1.54, 1.807) is 6.92 Å². The molecule has 1 aliphatic heterocycles. The van der Waals surface area contributed by atoms with Crippen LogP contribution in [0.4, 0.5) is 8.78 Å². The van der Waals surface area contributed by atoms with E-state index in [2.05, 4.69) is 5.32 Å². The average Bonchev–Trinajstić information content (AvgIpc) is 2.56. The molecule has 19 heavy (non-hydrogen) atoms. The van der Waals surface area contributed by atoms with Gasteiger partial charge in [-0.1, -0.05) is 0 Å². The van der Waals surface area contributed by atoms with Crippen molar-refractivity contribution in [1.82, 2.24) is 5.32 Å². The van der Waals surface area contributed by atoms with E-state index in [4.69, 9.17) is 0 Å². The number of sulfone groups is 1. The standard InChI is InChI=1S/C12H13F2NO3S/c1-12(4-5-19(17,18)7-12)15-11(16)9-6-8(13)2-3-10(9)14/h2-3,6H,4-5,7H2,1H3,(H,15,16). The first-order chi connectivity index (χ1) is 8.71. The number of halogens is 2. The highest BCUT2D eigenvalue weighted by Crippen LogP contribution is 2.23. The number of nitrogens with one attached hydrogen (secondary N) is 1. The van der Waals surface area contributed by atoms with Gasteiger partial charge in [-0.15, -0.1) is 0 Å². The van der Waals surface area contributed by atoms with Crippen LogP contribution in [0.3, 0.4) is 0 Å². The molecule has 1 unspecified atom stereocenters. The van der Waals surface area contributed by atoms with Crippen molar-refractivity contribution < 1.29 is 22.0 Å². The Morgan fingerprint density at radius 3 is 2.63 bits per heavy atom. The minimum atomic E-state index is -3.18. The Morgan fingerprint density at radius 2 is 2.05 bits per heavy atom. The Labute approximate surface area is 109 Å². The fraction of sp³-hybridized carbons (Fsp3) is 0.417. The minimum Gasteiger partial charge on any atom is -0.346 e. The smallest absolute Gasteiger partial charge is 0.254 e. The van der Waals surface area contributed by atoms with Crippen LogP contribution in [0.2, 0.25) is 0 Å². The first-order valence-corrected chi connectivity index (χ1v) is 7.51. The van der Waals surface area contributed by atoms with Crippen LogP contribution in [-0.2, 0) is 9.84 Å². The average molecular weight is 289 g/mol. The van der Waals surface area contributed by atoms with E-state index in [9.17, 15) is 22.0 Å². The first kappa shape index (κ1) is 13.9. The van der Waals surface area contributed by atoms with Crippen LogP contribution >= 0.6 is 0 Å². The largest absolute Gasteiger partial charge is 0.346 e. The van der Waals surface area contributed by atoms with Crippen LogP contribution in [0.1, 0.15) is 23.7 Å². The molecule has 0 spiro atoms. The number of carbonyl (C=O) groups excluding carboxylic acids is 1. The summed E-state index contributed by atoms with van der Waals surface area (Å²) in [6.45, 7) is 1.58. The molecule has 1 aliphatic rings. The van der Waals surface area contributed by atoms with E-state index in [1.165, 1.54) is 0 Å². The number of rotatable bonds is 2. The predicted octanol–water partition coefficient (Wildman–Crippen LogP) is 1.27. The number of benzene rings is 1. The third-order valence-electron chi connectivity index (χ3n) is 3.09. The molecular weight excluding hydrogens is 276 g/mol. The lowest BCUT2D eigenvalue weighted by molar-refractivity contribution is 0.0910. The highest BCUT2D eigenvalue weighted by atomic mass is 32.2. The van der Waals surface area contributed by atoms with Crippen LogP contribution in [-0.4, -0.2) is 31.4 Å². The summed E-state index contributed by atoms with van der Waals surface area (Å²) in [6.07, 6.45) is 0.262. The monoisotopic (exact) mass is 289 g/mol. The van der Waals surface area contributed by atoms with Gasteiger partial charge in [0.05, 0.1) is 22.6 Å². The van der Waals surface area contributed by atoms with Gasteiger partial charge in [-0.05, 0) is 31.5 Å². The van der Waals surface area contributed by atoms with Gasteiger partial charge >= 0.3 is 0 Å². The van der Waals surface area contributed by atoms with Gasteiger partial charge < -0.3 is 5.32 Å². The maximum Gasteiger partial charge on any atom is 0.254 e. The molecule has 1 aromatic carbocycles. The lowest BCUT2D eigenvalue weighted by Crippen LogP contribution is -2.47. The Balaban J connectivity index is 2.20. The normalized spacial score (nSPS) is 25.2. The third-order valence-corrected chi connectivity index (χ3v) is 4.99. The van der Waals surface area contributed by atoms with Crippen LogP contribution in [0.5, 0.6) is 0 Å². The van der Waals surface area contributed by atoms with Crippen molar-refractivity contribution in [2.24, 2.45) is 0 Å². The van der Waals surface area contributed by atoms with Crippen molar-refractivity contribution in [2.45, 2.75) is 18.9 Å². The van der Waals surface area contributed by atoms with Crippen molar-refractivity contribution in [3.63, 3.8) is 0 Å². The summed E-state index contributed by atoms with van der Waals surface area (Å²) in [5.74, 6) is -2.59. The topological polar surface area (TPSA) is 63.2 Å². The number of hydrogen-bond acceptors (Lipinski definition) is 3. The molecule has 1 heterocycles. The predicted molar refractivity (Wildman–Crippen MR) is 65.5 cm³/mol. The molecule has 1 aromatic rings. The van der Waals surface area contributed by atoms with Gasteiger partial charge in [0.1, 0.15) is 11.6 Å². The van der Waals surface area contributed by atoms with Crippen LogP contribution in [0, 0.1) is 11.6 Å². The summed E-state index contributed by atoms with van der Waals surface area (Å²) < 4.78 is 49.2. The second-order valence-electron chi connectivity index (χ2n) is 4.98. The van der Waals surface area contributed by atoms with Gasteiger partial charge in [0.15, 0.2) is 9.84 Å². The summed E-state index contributed by atoms with van der Waals surface area (Å²) in [7, 11) is -3.18. The molecule has 0 saturated carbocycles. The number of carbonyl (C=O) groups is 1. The van der Waals surface area contributed by atoms with Crippen molar-refractivity contribution in [3.05, 3.63) is 35.4 Å². The third kappa shape index (κ3) is 3.09. The molecule has 104 valence electrons. The second kappa shape index (κ2) is 4.56. The number of hydrogen-bond donors (Lipinski definition) is 1. The quantitative estimate of drug-likeness (QED) is 0.892. The first-order valence-electron chi connectivity index (χ1n) is 5.69. The SMILES string of the molecule is CC1(NC(=O)c2cc(F)ccc2F)CCS(=O)(=O)C1. The van der Waals surface area contributed by atoms with Gasteiger partial charge in [-0.2, -0.15) is 0 Å².